The fraction of sp³-hybridized carbons (Fsp3) is 0.333. The van der Waals surface area contributed by atoms with Crippen molar-refractivity contribution in [1.29, 1.82) is 0 Å². The van der Waals surface area contributed by atoms with Gasteiger partial charge in [-0.05, 0) is 68.7 Å². The molecule has 1 fully saturated rings. The maximum atomic E-state index is 12.6. The second-order valence-electron chi connectivity index (χ2n) is 12.3. The lowest BCUT2D eigenvalue weighted by molar-refractivity contribution is -0.123. The third-order valence-electron chi connectivity index (χ3n) is 8.92. The first-order valence-corrected chi connectivity index (χ1v) is 17.0. The minimum absolute atomic E-state index is 0.113. The molecule has 1 unspecified atom stereocenters. The summed E-state index contributed by atoms with van der Waals surface area (Å²) in [5.74, 6) is 2.11. The fourth-order valence-corrected chi connectivity index (χ4v) is 7.35. The summed E-state index contributed by atoms with van der Waals surface area (Å²) < 4.78 is 13.3. The summed E-state index contributed by atoms with van der Waals surface area (Å²) in [6, 6.07) is 13.7. The Hall–Kier alpha value is -4.94. The molecule has 2 aliphatic heterocycles. The van der Waals surface area contributed by atoms with E-state index in [9.17, 15) is 9.59 Å². The molecule has 6 heterocycles. The number of thiophene rings is 1. The summed E-state index contributed by atoms with van der Waals surface area (Å²) in [4.78, 5) is 42.6. The molecule has 0 spiro atoms. The Morgan fingerprint density at radius 2 is 2.00 bits per heavy atom. The number of hydrogen-bond donors (Lipinski definition) is 2. The van der Waals surface area contributed by atoms with Crippen LogP contribution in [0.4, 0.5) is 5.82 Å². The van der Waals surface area contributed by atoms with Crippen molar-refractivity contribution >= 4 is 56.0 Å². The highest BCUT2D eigenvalue weighted by molar-refractivity contribution is 7.19. The summed E-state index contributed by atoms with van der Waals surface area (Å²) in [6.45, 7) is 7.29. The third kappa shape index (κ3) is 6.71. The number of nitrogens with one attached hydrogen (secondary N) is 2. The van der Waals surface area contributed by atoms with Crippen LogP contribution in [0.2, 0.25) is 0 Å². The Morgan fingerprint density at radius 1 is 1.12 bits per heavy atom. The van der Waals surface area contributed by atoms with E-state index in [1.807, 2.05) is 49.5 Å². The topological polar surface area (TPSA) is 135 Å². The predicted octanol–water partition coefficient (Wildman–Crippen LogP) is 5.94. The highest BCUT2D eigenvalue weighted by Crippen LogP contribution is 2.45. The molecule has 1 atom stereocenters. The molecule has 2 aliphatic rings. The molecule has 0 bridgehead atoms. The van der Waals surface area contributed by atoms with Crippen LogP contribution in [0.25, 0.3) is 38.6 Å². The number of nitrogens with zero attached hydrogens (tertiary/aromatic N) is 5. The van der Waals surface area contributed by atoms with Gasteiger partial charge >= 0.3 is 0 Å². The molecule has 0 aliphatic carbocycles. The Labute approximate surface area is 282 Å². The predicted molar refractivity (Wildman–Crippen MR) is 186 cm³/mol. The first-order valence-electron chi connectivity index (χ1n) is 16.2. The van der Waals surface area contributed by atoms with Crippen molar-refractivity contribution in [3.8, 4) is 11.4 Å². The average Bonchev–Trinajstić information content (AvgIpc) is 3.78. The SMILES string of the molecule is CC1=C(CNC(=O)CCC(=O)/C=C/c2ccccn2)CCC(C)(c2cc3nc(-c4cccc5[nH]ncc45)nc(N4CCOCC4)c3s2)O1. The minimum Gasteiger partial charge on any atom is -0.487 e. The molecule has 246 valence electrons. The van der Waals surface area contributed by atoms with Gasteiger partial charge < -0.3 is 19.7 Å². The number of pyridine rings is 1. The highest BCUT2D eigenvalue weighted by atomic mass is 32.1. The van der Waals surface area contributed by atoms with Crippen LogP contribution in [-0.2, 0) is 24.7 Å². The first kappa shape index (κ1) is 31.6. The van der Waals surface area contributed by atoms with Crippen molar-refractivity contribution in [2.24, 2.45) is 0 Å². The van der Waals surface area contributed by atoms with E-state index in [1.165, 1.54) is 6.08 Å². The number of benzene rings is 1. The zero-order valence-electron chi connectivity index (χ0n) is 27.0. The summed E-state index contributed by atoms with van der Waals surface area (Å²) >= 11 is 1.68. The number of carbonyl (C=O) groups excluding carboxylic acids is 2. The normalized spacial score (nSPS) is 18.5. The largest absolute Gasteiger partial charge is 0.487 e. The molecule has 12 heteroatoms. The Morgan fingerprint density at radius 3 is 2.81 bits per heavy atom. The van der Waals surface area contributed by atoms with Crippen LogP contribution in [-0.4, -0.2) is 69.7 Å². The molecule has 48 heavy (non-hydrogen) atoms. The van der Waals surface area contributed by atoms with Crippen molar-refractivity contribution in [3.63, 3.8) is 0 Å². The molecule has 0 saturated carbocycles. The van der Waals surface area contributed by atoms with E-state index < -0.39 is 5.60 Å². The van der Waals surface area contributed by atoms with Gasteiger partial charge in [0.1, 0.15) is 5.60 Å². The summed E-state index contributed by atoms with van der Waals surface area (Å²) in [6.07, 6.45) is 8.42. The molecule has 4 aromatic heterocycles. The van der Waals surface area contributed by atoms with Crippen LogP contribution in [0.15, 0.2) is 72.3 Å². The first-order chi connectivity index (χ1) is 23.4. The number of allylic oxidation sites excluding steroid dienone is 2. The molecule has 0 radical (unpaired) electrons. The number of anilines is 1. The molecular formula is C36H37N7O4S. The number of rotatable bonds is 10. The smallest absolute Gasteiger partial charge is 0.220 e. The molecule has 5 aromatic rings. The number of aromatic amines is 1. The maximum Gasteiger partial charge on any atom is 0.220 e. The second kappa shape index (κ2) is 13.7. The number of amides is 1. The van der Waals surface area contributed by atoms with Crippen molar-refractivity contribution in [1.82, 2.24) is 30.5 Å². The van der Waals surface area contributed by atoms with E-state index in [0.717, 1.165) is 74.6 Å². The van der Waals surface area contributed by atoms with Gasteiger partial charge in [-0.15, -0.1) is 11.3 Å². The van der Waals surface area contributed by atoms with Gasteiger partial charge in [-0.1, -0.05) is 18.2 Å². The molecule has 1 aromatic carbocycles. The van der Waals surface area contributed by atoms with Gasteiger partial charge in [-0.25, -0.2) is 9.97 Å². The van der Waals surface area contributed by atoms with E-state index in [1.54, 1.807) is 23.6 Å². The van der Waals surface area contributed by atoms with E-state index in [4.69, 9.17) is 19.4 Å². The number of hydrogen-bond acceptors (Lipinski definition) is 10. The zero-order chi connectivity index (χ0) is 33.1. The number of ketones is 1. The van der Waals surface area contributed by atoms with Crippen molar-refractivity contribution < 1.29 is 19.1 Å². The molecule has 11 nitrogen and oxygen atoms in total. The molecule has 7 rings (SSSR count). The lowest BCUT2D eigenvalue weighted by Crippen LogP contribution is -2.36. The number of aromatic nitrogens is 5. The van der Waals surface area contributed by atoms with Gasteiger partial charge in [0.05, 0.1) is 51.5 Å². The van der Waals surface area contributed by atoms with E-state index in [2.05, 4.69) is 38.4 Å². The third-order valence-corrected chi connectivity index (χ3v) is 10.3. The number of morpholine rings is 1. The molecular weight excluding hydrogens is 627 g/mol. The van der Waals surface area contributed by atoms with Gasteiger partial charge in [0.2, 0.25) is 5.91 Å². The highest BCUT2D eigenvalue weighted by Gasteiger charge is 2.36. The Bertz CT molecular complexity index is 2030. The van der Waals surface area contributed by atoms with E-state index in [-0.39, 0.29) is 24.5 Å². The Kier molecular flexibility index (Phi) is 9.00. The minimum atomic E-state index is -0.553. The van der Waals surface area contributed by atoms with Gasteiger partial charge in [0.25, 0.3) is 0 Å². The molecule has 1 saturated heterocycles. The number of H-pyrrole nitrogens is 1. The summed E-state index contributed by atoms with van der Waals surface area (Å²) in [7, 11) is 0. The van der Waals surface area contributed by atoms with Crippen LogP contribution in [0.3, 0.4) is 0 Å². The summed E-state index contributed by atoms with van der Waals surface area (Å²) in [5.41, 5.74) is 3.96. The van der Waals surface area contributed by atoms with Crippen LogP contribution >= 0.6 is 11.3 Å². The lowest BCUT2D eigenvalue weighted by Gasteiger charge is -2.36. The van der Waals surface area contributed by atoms with E-state index >= 15 is 0 Å². The standard InChI is InChI=1S/C36H37N7O4S/c1-23-24(21-38-32(45)12-11-26(44)10-9-25-6-3-4-15-37-25)13-14-36(2,47-23)31-20-30-33(48-31)35(43-16-18-46-19-17-43)41-34(40-30)27-7-5-8-29-28(27)22-39-42-29/h3-10,15,20,22H,11-14,16-19,21H2,1-2H3,(H,38,45)(H,39,42)/b10-9+. The zero-order valence-corrected chi connectivity index (χ0v) is 27.8. The van der Waals surface area contributed by atoms with Crippen LogP contribution < -0.4 is 10.2 Å². The van der Waals surface area contributed by atoms with Gasteiger partial charge in [0.15, 0.2) is 17.4 Å². The van der Waals surface area contributed by atoms with Gasteiger partial charge in [-0.3, -0.25) is 19.7 Å². The maximum absolute atomic E-state index is 12.6. The quantitative estimate of drug-likeness (QED) is 0.174. The lowest BCUT2D eigenvalue weighted by atomic mass is 9.91. The van der Waals surface area contributed by atoms with E-state index in [0.29, 0.717) is 31.3 Å². The van der Waals surface area contributed by atoms with Crippen molar-refractivity contribution in [2.75, 3.05) is 37.7 Å². The van der Waals surface area contributed by atoms with Crippen LogP contribution in [0.5, 0.6) is 0 Å². The van der Waals surface area contributed by atoms with Gasteiger partial charge in [-0.2, -0.15) is 5.10 Å². The second-order valence-corrected chi connectivity index (χ2v) is 13.3. The Balaban J connectivity index is 1.06. The number of fused-ring (bicyclic) bond motifs is 2. The average molecular weight is 664 g/mol. The summed E-state index contributed by atoms with van der Waals surface area (Å²) in [5, 5.41) is 11.2. The molecule has 2 N–H and O–H groups in total. The van der Waals surface area contributed by atoms with Gasteiger partial charge in [0, 0.05) is 49.6 Å². The van der Waals surface area contributed by atoms with Crippen LogP contribution in [0.1, 0.15) is 50.1 Å². The number of carbonyl (C=O) groups is 2. The van der Waals surface area contributed by atoms with Crippen molar-refractivity contribution in [3.05, 3.63) is 82.8 Å². The van der Waals surface area contributed by atoms with Crippen molar-refractivity contribution in [2.45, 2.75) is 45.1 Å². The fourth-order valence-electron chi connectivity index (χ4n) is 6.13. The molecule has 1 amide bonds. The monoisotopic (exact) mass is 663 g/mol. The number of ether oxygens (including phenoxy) is 2. The van der Waals surface area contributed by atoms with Crippen LogP contribution in [0, 0.1) is 0 Å².